The number of aryl methyl sites for hydroxylation is 1. The normalized spacial score (nSPS) is 19.1. The van der Waals surface area contributed by atoms with Crippen LogP contribution in [0.3, 0.4) is 0 Å². The molecule has 1 fully saturated rings. The highest BCUT2D eigenvalue weighted by Crippen LogP contribution is 2.42. The van der Waals surface area contributed by atoms with Crippen LogP contribution in [0.4, 0.5) is 0 Å². The number of hydrogen-bond acceptors (Lipinski definition) is 1. The molecule has 1 aliphatic carbocycles. The third-order valence-electron chi connectivity index (χ3n) is 8.76. The minimum atomic E-state index is 0.589. The fourth-order valence-electron chi connectivity index (χ4n) is 6.38. The molecule has 194 valence electrons. The number of rotatable bonds is 16. The second-order valence-corrected chi connectivity index (χ2v) is 11.4. The van der Waals surface area contributed by atoms with E-state index in [1.165, 1.54) is 131 Å². The molecule has 0 N–H and O–H groups in total. The van der Waals surface area contributed by atoms with Gasteiger partial charge in [-0.15, -0.1) is 0 Å². The fraction of sp³-hybridized carbons (Fsp3) is 0.676. The zero-order valence-electron chi connectivity index (χ0n) is 23.2. The first-order valence-corrected chi connectivity index (χ1v) is 15.3. The first-order valence-electron chi connectivity index (χ1n) is 15.3. The summed E-state index contributed by atoms with van der Waals surface area (Å²) in [5.74, 6) is 2.37. The van der Waals surface area contributed by atoms with Crippen molar-refractivity contribution in [1.82, 2.24) is 4.98 Å². The lowest BCUT2D eigenvalue weighted by molar-refractivity contribution is 0.236. The van der Waals surface area contributed by atoms with Gasteiger partial charge in [-0.25, -0.2) is 0 Å². The lowest BCUT2D eigenvalue weighted by atomic mass is 9.72. The quantitative estimate of drug-likeness (QED) is 0.220. The maximum absolute atomic E-state index is 4.60. The summed E-state index contributed by atoms with van der Waals surface area (Å²) in [6.07, 6.45) is 27.8. The van der Waals surface area contributed by atoms with Crippen LogP contribution in [0.15, 0.2) is 42.7 Å². The van der Waals surface area contributed by atoms with E-state index in [4.69, 9.17) is 0 Å². The van der Waals surface area contributed by atoms with Crippen LogP contribution in [0.25, 0.3) is 11.1 Å². The molecule has 2 aromatic rings. The topological polar surface area (TPSA) is 12.9 Å². The van der Waals surface area contributed by atoms with Crippen LogP contribution in [0.1, 0.15) is 141 Å². The Morgan fingerprint density at radius 2 is 1.40 bits per heavy atom. The average molecular weight is 476 g/mol. The van der Waals surface area contributed by atoms with Gasteiger partial charge in [0.2, 0.25) is 0 Å². The van der Waals surface area contributed by atoms with Gasteiger partial charge in [0.1, 0.15) is 0 Å². The predicted molar refractivity (Wildman–Crippen MR) is 154 cm³/mol. The van der Waals surface area contributed by atoms with Crippen molar-refractivity contribution in [2.24, 2.45) is 11.8 Å². The summed E-state index contributed by atoms with van der Waals surface area (Å²) in [5, 5.41) is 0. The van der Waals surface area contributed by atoms with E-state index >= 15 is 0 Å². The summed E-state index contributed by atoms with van der Waals surface area (Å²) in [7, 11) is 0. The van der Waals surface area contributed by atoms with Crippen LogP contribution < -0.4 is 0 Å². The van der Waals surface area contributed by atoms with Crippen molar-refractivity contribution in [3.05, 3.63) is 53.9 Å². The molecule has 0 saturated heterocycles. The molecule has 1 unspecified atom stereocenters. The second-order valence-electron chi connectivity index (χ2n) is 11.4. The van der Waals surface area contributed by atoms with E-state index in [-0.39, 0.29) is 0 Å². The molecule has 1 aromatic heterocycles. The number of aromatic nitrogens is 1. The zero-order valence-corrected chi connectivity index (χ0v) is 23.2. The molecule has 0 amide bonds. The lowest BCUT2D eigenvalue weighted by Gasteiger charge is -2.33. The molecule has 1 heteroatoms. The molecule has 0 radical (unpaired) electrons. The van der Waals surface area contributed by atoms with E-state index in [2.05, 4.69) is 62.3 Å². The van der Waals surface area contributed by atoms with Crippen molar-refractivity contribution in [3.8, 4) is 11.1 Å². The van der Waals surface area contributed by atoms with Gasteiger partial charge in [0.05, 0.1) is 0 Å². The first kappa shape index (κ1) is 27.9. The van der Waals surface area contributed by atoms with E-state index < -0.39 is 0 Å². The summed E-state index contributed by atoms with van der Waals surface area (Å²) in [6.45, 7) is 7.08. The Balaban J connectivity index is 1.57. The monoisotopic (exact) mass is 475 g/mol. The van der Waals surface area contributed by atoms with E-state index in [0.29, 0.717) is 5.92 Å². The molecule has 1 nitrogen and oxygen atoms in total. The number of hydrogen-bond donors (Lipinski definition) is 0. The Kier molecular flexibility index (Phi) is 12.9. The fourth-order valence-corrected chi connectivity index (χ4v) is 6.38. The number of unbranched alkanes of at least 4 members (excludes halogenated alkanes) is 9. The number of nitrogens with zero attached hydrogens (tertiary/aromatic N) is 1. The smallest absolute Gasteiger partial charge is 0.0308 e. The first-order chi connectivity index (χ1) is 17.2. The number of benzene rings is 1. The highest BCUT2D eigenvalue weighted by Gasteiger charge is 2.27. The minimum absolute atomic E-state index is 0.589. The molecule has 1 saturated carbocycles. The van der Waals surface area contributed by atoms with Crippen molar-refractivity contribution in [3.63, 3.8) is 0 Å². The van der Waals surface area contributed by atoms with Gasteiger partial charge >= 0.3 is 0 Å². The average Bonchev–Trinajstić information content (AvgIpc) is 2.91. The van der Waals surface area contributed by atoms with Crippen LogP contribution in [-0.2, 0) is 6.42 Å². The van der Waals surface area contributed by atoms with E-state index in [1.54, 1.807) is 0 Å². The largest absolute Gasteiger partial charge is 0.264 e. The van der Waals surface area contributed by atoms with Gasteiger partial charge in [-0.1, -0.05) is 129 Å². The summed E-state index contributed by atoms with van der Waals surface area (Å²) in [4.78, 5) is 4.60. The Hall–Kier alpha value is -1.63. The summed E-state index contributed by atoms with van der Waals surface area (Å²) in [5.41, 5.74) is 5.88. The Morgan fingerprint density at radius 1 is 0.743 bits per heavy atom. The minimum Gasteiger partial charge on any atom is -0.264 e. The molecule has 1 aliphatic rings. The van der Waals surface area contributed by atoms with Crippen molar-refractivity contribution < 1.29 is 0 Å². The summed E-state index contributed by atoms with van der Waals surface area (Å²) >= 11 is 0. The maximum atomic E-state index is 4.60. The molecule has 3 rings (SSSR count). The van der Waals surface area contributed by atoms with Gasteiger partial charge in [0.15, 0.2) is 0 Å². The van der Waals surface area contributed by atoms with Crippen LogP contribution in [-0.4, -0.2) is 4.98 Å². The van der Waals surface area contributed by atoms with E-state index in [0.717, 1.165) is 11.8 Å². The van der Waals surface area contributed by atoms with Crippen molar-refractivity contribution >= 4 is 0 Å². The van der Waals surface area contributed by atoms with Gasteiger partial charge < -0.3 is 0 Å². The zero-order chi connectivity index (χ0) is 24.7. The molecule has 1 heterocycles. The van der Waals surface area contributed by atoms with Crippen LogP contribution >= 0.6 is 0 Å². The van der Waals surface area contributed by atoms with Crippen molar-refractivity contribution in [2.45, 2.75) is 136 Å². The third-order valence-corrected chi connectivity index (χ3v) is 8.76. The van der Waals surface area contributed by atoms with Crippen molar-refractivity contribution in [2.75, 3.05) is 0 Å². The summed E-state index contributed by atoms with van der Waals surface area (Å²) < 4.78 is 0. The van der Waals surface area contributed by atoms with E-state index in [9.17, 15) is 0 Å². The molecule has 0 bridgehead atoms. The van der Waals surface area contributed by atoms with Crippen LogP contribution in [0.2, 0.25) is 0 Å². The van der Waals surface area contributed by atoms with Crippen LogP contribution in [0, 0.1) is 11.8 Å². The highest BCUT2D eigenvalue weighted by molar-refractivity contribution is 5.71. The summed E-state index contributed by atoms with van der Waals surface area (Å²) in [6, 6.07) is 11.4. The van der Waals surface area contributed by atoms with Gasteiger partial charge in [0, 0.05) is 12.4 Å². The Morgan fingerprint density at radius 3 is 2.14 bits per heavy atom. The molecule has 35 heavy (non-hydrogen) atoms. The Labute approximate surface area is 217 Å². The molecular formula is C34H53N. The SMILES string of the molecule is CCCCCCCCC1CCC(C(C)c2cnccc2-c2ccccc2CCCCCCC)CC1. The highest BCUT2D eigenvalue weighted by atomic mass is 14.6. The van der Waals surface area contributed by atoms with Gasteiger partial charge in [-0.05, 0) is 71.8 Å². The van der Waals surface area contributed by atoms with Gasteiger partial charge in [0.25, 0.3) is 0 Å². The molecule has 1 atom stereocenters. The standard InChI is InChI=1S/C34H53N/c1-4-6-8-10-12-13-17-29-21-23-30(24-22-29)28(3)34-27-35-26-25-33(34)32-20-16-15-19-31(32)18-14-11-9-7-5-2/h15-16,19-20,25-30H,4-14,17-18,21-24H2,1-3H3. The predicted octanol–water partition coefficient (Wildman–Crippen LogP) is 10.9. The molecule has 0 spiro atoms. The molecular weight excluding hydrogens is 422 g/mol. The second kappa shape index (κ2) is 16.2. The third kappa shape index (κ3) is 9.07. The van der Waals surface area contributed by atoms with Crippen molar-refractivity contribution in [1.29, 1.82) is 0 Å². The lowest BCUT2D eigenvalue weighted by Crippen LogP contribution is -2.20. The Bertz CT molecular complexity index is 817. The van der Waals surface area contributed by atoms with Gasteiger partial charge in [-0.3, -0.25) is 4.98 Å². The molecule has 0 aliphatic heterocycles. The molecule has 1 aromatic carbocycles. The van der Waals surface area contributed by atoms with E-state index in [1.807, 2.05) is 6.20 Å². The van der Waals surface area contributed by atoms with Gasteiger partial charge in [-0.2, -0.15) is 0 Å². The maximum Gasteiger partial charge on any atom is 0.0308 e. The van der Waals surface area contributed by atoms with Crippen LogP contribution in [0.5, 0.6) is 0 Å². The number of pyridine rings is 1.